The van der Waals surface area contributed by atoms with Crippen molar-refractivity contribution in [3.05, 3.63) is 83.4 Å². The number of alkyl halides is 2. The molecule has 6 rings (SSSR count). The first-order valence-corrected chi connectivity index (χ1v) is 18.0. The van der Waals surface area contributed by atoms with E-state index >= 15 is 0 Å². The maximum absolute atomic E-state index is 6.00. The Hall–Kier alpha value is -4.68. The van der Waals surface area contributed by atoms with Crippen LogP contribution in [0.2, 0.25) is 0 Å². The number of unbranched alkanes of at least 4 members (excludes halogenated alkanes) is 2. The Labute approximate surface area is 302 Å². The van der Waals surface area contributed by atoms with Crippen molar-refractivity contribution in [3.8, 4) is 12.0 Å². The fourth-order valence-electron chi connectivity index (χ4n) is 5.20. The monoisotopic (exact) mass is 718 g/mol. The molecule has 0 saturated heterocycles. The van der Waals surface area contributed by atoms with E-state index in [1.54, 1.807) is 12.7 Å². The normalized spacial score (nSPS) is 11.1. The van der Waals surface area contributed by atoms with Gasteiger partial charge >= 0.3 is 12.0 Å². The average molecular weight is 720 g/mol. The quantitative estimate of drug-likeness (QED) is 0.0778. The Morgan fingerprint density at radius 2 is 1.04 bits per heavy atom. The number of nitrogens with two attached hydrogens (primary N) is 2. The summed E-state index contributed by atoms with van der Waals surface area (Å²) in [6.07, 6.45) is 9.22. The number of aryl methyl sites for hydroxylation is 4. The van der Waals surface area contributed by atoms with Crippen LogP contribution in [0.1, 0.15) is 61.8 Å². The van der Waals surface area contributed by atoms with Gasteiger partial charge in [-0.15, -0.1) is 23.2 Å². The second-order valence-electron chi connectivity index (χ2n) is 11.8. The van der Waals surface area contributed by atoms with Crippen molar-refractivity contribution in [2.75, 3.05) is 24.7 Å². The molecule has 0 saturated carbocycles. The van der Waals surface area contributed by atoms with Crippen LogP contribution in [0, 0.1) is 0 Å². The highest BCUT2D eigenvalue weighted by Crippen LogP contribution is 2.22. The summed E-state index contributed by atoms with van der Waals surface area (Å²) in [5, 5.41) is 0. The van der Waals surface area contributed by atoms with Crippen LogP contribution in [0.4, 0.5) is 11.6 Å². The van der Waals surface area contributed by atoms with E-state index in [1.807, 2.05) is 33.4 Å². The summed E-state index contributed by atoms with van der Waals surface area (Å²) < 4.78 is 15.1. The maximum Gasteiger partial charge on any atom is 0.320 e. The van der Waals surface area contributed by atoms with Gasteiger partial charge in [0, 0.05) is 24.8 Å². The van der Waals surface area contributed by atoms with Gasteiger partial charge in [0.05, 0.1) is 25.9 Å². The van der Waals surface area contributed by atoms with E-state index in [0.717, 1.165) is 62.7 Å². The Kier molecular flexibility index (Phi) is 13.4. The third kappa shape index (κ3) is 9.72. The van der Waals surface area contributed by atoms with E-state index < -0.39 is 0 Å². The van der Waals surface area contributed by atoms with Gasteiger partial charge in [-0.3, -0.25) is 0 Å². The Morgan fingerprint density at radius 3 is 1.44 bits per heavy atom. The minimum Gasteiger partial charge on any atom is -0.463 e. The smallest absolute Gasteiger partial charge is 0.320 e. The highest BCUT2D eigenvalue weighted by atomic mass is 35.5. The van der Waals surface area contributed by atoms with Gasteiger partial charge in [-0.05, 0) is 47.9 Å². The second-order valence-corrected chi connectivity index (χ2v) is 12.3. The standard InChI is InChI=1S/2C18H22ClN5O/c2*1-2-3-9-25-18-22-16(20)15-17(23-18)24(12-21-15)8-7-13-5-4-6-14(10-13)11-19/h2*4-6,10,12H,2-3,7-9,11H2,1H3,(H2,20,22,23). The minimum atomic E-state index is 0.310. The third-order valence-corrected chi connectivity index (χ3v) is 8.59. The lowest BCUT2D eigenvalue weighted by molar-refractivity contribution is 0.286. The zero-order valence-corrected chi connectivity index (χ0v) is 30.1. The topological polar surface area (TPSA) is 158 Å². The summed E-state index contributed by atoms with van der Waals surface area (Å²) in [5.74, 6) is 1.73. The average Bonchev–Trinajstić information content (AvgIpc) is 3.75. The van der Waals surface area contributed by atoms with Crippen molar-refractivity contribution < 1.29 is 9.47 Å². The van der Waals surface area contributed by atoms with Crippen molar-refractivity contribution >= 4 is 57.2 Å². The molecule has 0 spiro atoms. The predicted molar refractivity (Wildman–Crippen MR) is 200 cm³/mol. The molecule has 12 nitrogen and oxygen atoms in total. The summed E-state index contributed by atoms with van der Waals surface area (Å²) in [6.45, 7) is 6.87. The van der Waals surface area contributed by atoms with E-state index in [1.165, 1.54) is 11.1 Å². The number of imidazole rings is 2. The first kappa shape index (κ1) is 36.6. The molecule has 264 valence electrons. The minimum absolute atomic E-state index is 0.310. The molecule has 0 fully saturated rings. The van der Waals surface area contributed by atoms with Crippen LogP contribution in [0.3, 0.4) is 0 Å². The lowest BCUT2D eigenvalue weighted by Crippen LogP contribution is -2.06. The molecule has 0 aliphatic heterocycles. The van der Waals surface area contributed by atoms with Crippen LogP contribution in [0.15, 0.2) is 61.2 Å². The molecule has 14 heteroatoms. The number of nitrogen functional groups attached to an aromatic ring is 2. The Balaban J connectivity index is 0.000000194. The Bertz CT molecular complexity index is 1840. The zero-order valence-electron chi connectivity index (χ0n) is 28.6. The molecule has 0 unspecified atom stereocenters. The van der Waals surface area contributed by atoms with Gasteiger partial charge in [-0.1, -0.05) is 75.2 Å². The summed E-state index contributed by atoms with van der Waals surface area (Å²) in [5.41, 5.74) is 19.3. The van der Waals surface area contributed by atoms with Crippen LogP contribution in [-0.4, -0.2) is 52.3 Å². The first-order chi connectivity index (χ1) is 24.4. The van der Waals surface area contributed by atoms with Gasteiger partial charge in [0.1, 0.15) is 0 Å². The third-order valence-electron chi connectivity index (χ3n) is 7.97. The molecule has 0 aliphatic rings. The number of halogens is 2. The lowest BCUT2D eigenvalue weighted by atomic mass is 10.1. The van der Waals surface area contributed by atoms with Crippen molar-refractivity contribution in [1.29, 1.82) is 0 Å². The maximum atomic E-state index is 6.00. The van der Waals surface area contributed by atoms with Gasteiger partial charge in [0.15, 0.2) is 34.0 Å². The van der Waals surface area contributed by atoms with Gasteiger partial charge < -0.3 is 30.1 Å². The molecule has 0 radical (unpaired) electrons. The first-order valence-electron chi connectivity index (χ1n) is 16.9. The summed E-state index contributed by atoms with van der Waals surface area (Å²) in [4.78, 5) is 26.0. The summed E-state index contributed by atoms with van der Waals surface area (Å²) >= 11 is 11.8. The number of ether oxygens (including phenoxy) is 2. The van der Waals surface area contributed by atoms with E-state index in [2.05, 4.69) is 68.0 Å². The summed E-state index contributed by atoms with van der Waals surface area (Å²) in [6, 6.07) is 17.2. The summed E-state index contributed by atoms with van der Waals surface area (Å²) in [7, 11) is 0. The highest BCUT2D eigenvalue weighted by Gasteiger charge is 2.14. The molecular weight excluding hydrogens is 675 g/mol. The number of benzene rings is 2. The number of nitrogens with zero attached hydrogens (tertiary/aromatic N) is 8. The molecule has 4 heterocycles. The number of aromatic nitrogens is 8. The predicted octanol–water partition coefficient (Wildman–Crippen LogP) is 7.14. The van der Waals surface area contributed by atoms with Crippen LogP contribution in [0.5, 0.6) is 12.0 Å². The molecular formula is C36H44Cl2N10O2. The van der Waals surface area contributed by atoms with E-state index in [9.17, 15) is 0 Å². The molecule has 2 aromatic carbocycles. The fraction of sp³-hybridized carbons (Fsp3) is 0.389. The highest BCUT2D eigenvalue weighted by molar-refractivity contribution is 6.17. The molecule has 0 atom stereocenters. The molecule has 0 bridgehead atoms. The number of fused-ring (bicyclic) bond motifs is 2. The van der Waals surface area contributed by atoms with Crippen LogP contribution >= 0.6 is 23.2 Å². The van der Waals surface area contributed by atoms with Crippen LogP contribution in [-0.2, 0) is 37.7 Å². The lowest BCUT2D eigenvalue weighted by Gasteiger charge is -2.07. The van der Waals surface area contributed by atoms with Crippen LogP contribution in [0.25, 0.3) is 22.3 Å². The number of rotatable bonds is 16. The molecule has 6 aromatic rings. The van der Waals surface area contributed by atoms with Crippen molar-refractivity contribution in [2.45, 2.75) is 77.2 Å². The van der Waals surface area contributed by atoms with Gasteiger partial charge in [-0.2, -0.15) is 19.9 Å². The van der Waals surface area contributed by atoms with E-state index in [4.69, 9.17) is 44.1 Å². The van der Waals surface area contributed by atoms with Crippen molar-refractivity contribution in [1.82, 2.24) is 39.0 Å². The molecule has 0 amide bonds. The van der Waals surface area contributed by atoms with Gasteiger partial charge in [-0.25, -0.2) is 9.97 Å². The SMILES string of the molecule is CCCCOc1nc(N)c2ncn(CCc3cccc(CCl)c3)c2n1.CCCCOc1nc(N)c2ncn(CCc3cccc(CCl)c3)c2n1. The molecule has 50 heavy (non-hydrogen) atoms. The largest absolute Gasteiger partial charge is 0.463 e. The van der Waals surface area contributed by atoms with Gasteiger partial charge in [0.25, 0.3) is 0 Å². The number of hydrogen-bond donors (Lipinski definition) is 2. The van der Waals surface area contributed by atoms with Gasteiger partial charge in [0.2, 0.25) is 0 Å². The van der Waals surface area contributed by atoms with Crippen molar-refractivity contribution in [2.24, 2.45) is 0 Å². The fourth-order valence-corrected chi connectivity index (χ4v) is 5.53. The zero-order chi connectivity index (χ0) is 35.3. The van der Waals surface area contributed by atoms with Crippen molar-refractivity contribution in [3.63, 3.8) is 0 Å². The number of hydrogen-bond acceptors (Lipinski definition) is 10. The molecule has 4 N–H and O–H groups in total. The number of anilines is 2. The van der Waals surface area contributed by atoms with E-state index in [-0.39, 0.29) is 0 Å². The Morgan fingerprint density at radius 1 is 0.620 bits per heavy atom. The molecule has 0 aliphatic carbocycles. The van der Waals surface area contributed by atoms with E-state index in [0.29, 0.717) is 71.0 Å². The molecule has 4 aromatic heterocycles. The van der Waals surface area contributed by atoms with Crippen LogP contribution < -0.4 is 20.9 Å². The second kappa shape index (κ2) is 18.4.